The highest BCUT2D eigenvalue weighted by atomic mass is 32.1. The summed E-state index contributed by atoms with van der Waals surface area (Å²) in [4.78, 5) is 4.18. The fourth-order valence-corrected chi connectivity index (χ4v) is 2.48. The number of nitrogens with two attached hydrogens (primary N) is 1. The molecule has 100 valence electrons. The third kappa shape index (κ3) is 3.00. The Morgan fingerprint density at radius 3 is 2.79 bits per heavy atom. The fourth-order valence-electron chi connectivity index (χ4n) is 1.95. The summed E-state index contributed by atoms with van der Waals surface area (Å²) in [5.41, 5.74) is 2.27. The van der Waals surface area contributed by atoms with E-state index in [9.17, 15) is 4.39 Å². The standard InChI is InChI=1S/C14H16FN3S/c1-3-10-4-6-12(15)14(18(2)16)11(10)5-7-13-17-8-9-19-13/h4-9H,3,16H2,1-2H3/b7-5+. The van der Waals surface area contributed by atoms with Crippen LogP contribution in [0.25, 0.3) is 12.2 Å². The van der Waals surface area contributed by atoms with E-state index in [2.05, 4.69) is 4.98 Å². The maximum Gasteiger partial charge on any atom is 0.148 e. The molecule has 0 radical (unpaired) electrons. The van der Waals surface area contributed by atoms with E-state index in [1.807, 2.05) is 24.5 Å². The van der Waals surface area contributed by atoms with E-state index in [1.54, 1.807) is 19.3 Å². The van der Waals surface area contributed by atoms with Crippen molar-refractivity contribution in [2.75, 3.05) is 12.1 Å². The van der Waals surface area contributed by atoms with E-state index in [1.165, 1.54) is 22.4 Å². The van der Waals surface area contributed by atoms with Crippen LogP contribution in [0.1, 0.15) is 23.1 Å². The molecule has 2 rings (SSSR count). The number of aromatic nitrogens is 1. The van der Waals surface area contributed by atoms with Crippen LogP contribution >= 0.6 is 11.3 Å². The Labute approximate surface area is 116 Å². The monoisotopic (exact) mass is 277 g/mol. The Hall–Kier alpha value is -1.72. The Bertz CT molecular complexity index is 577. The summed E-state index contributed by atoms with van der Waals surface area (Å²) in [6.07, 6.45) is 6.32. The predicted molar refractivity (Wildman–Crippen MR) is 79.4 cm³/mol. The summed E-state index contributed by atoms with van der Waals surface area (Å²) in [7, 11) is 1.64. The lowest BCUT2D eigenvalue weighted by atomic mass is 10.0. The summed E-state index contributed by atoms with van der Waals surface area (Å²) >= 11 is 1.54. The average Bonchev–Trinajstić information content (AvgIpc) is 2.88. The van der Waals surface area contributed by atoms with Crippen molar-refractivity contribution in [2.45, 2.75) is 13.3 Å². The van der Waals surface area contributed by atoms with Crippen LogP contribution in [0, 0.1) is 5.82 Å². The molecule has 1 aromatic carbocycles. The second-order valence-electron chi connectivity index (χ2n) is 4.14. The Balaban J connectivity index is 2.50. The summed E-state index contributed by atoms with van der Waals surface area (Å²) in [6.45, 7) is 2.04. The molecule has 0 bridgehead atoms. The number of benzene rings is 1. The van der Waals surface area contributed by atoms with E-state index in [4.69, 9.17) is 5.84 Å². The molecule has 0 aliphatic rings. The van der Waals surface area contributed by atoms with Crippen molar-refractivity contribution in [3.63, 3.8) is 0 Å². The molecule has 5 heteroatoms. The van der Waals surface area contributed by atoms with Gasteiger partial charge in [-0.1, -0.05) is 13.0 Å². The van der Waals surface area contributed by atoms with E-state index in [0.717, 1.165) is 22.6 Å². The van der Waals surface area contributed by atoms with E-state index in [0.29, 0.717) is 5.69 Å². The van der Waals surface area contributed by atoms with Gasteiger partial charge in [-0.3, -0.25) is 0 Å². The van der Waals surface area contributed by atoms with Crippen molar-refractivity contribution in [3.8, 4) is 0 Å². The van der Waals surface area contributed by atoms with Gasteiger partial charge in [-0.15, -0.1) is 11.3 Å². The number of hydrazine groups is 1. The van der Waals surface area contributed by atoms with Crippen molar-refractivity contribution >= 4 is 29.2 Å². The molecule has 3 nitrogen and oxygen atoms in total. The summed E-state index contributed by atoms with van der Waals surface area (Å²) in [6, 6.07) is 3.25. The molecule has 0 amide bonds. The van der Waals surface area contributed by atoms with Crippen LogP contribution < -0.4 is 10.9 Å². The van der Waals surface area contributed by atoms with Gasteiger partial charge in [0, 0.05) is 24.2 Å². The molecule has 0 aliphatic carbocycles. The van der Waals surface area contributed by atoms with Crippen molar-refractivity contribution in [2.24, 2.45) is 5.84 Å². The smallest absolute Gasteiger partial charge is 0.148 e. The number of aryl methyl sites for hydroxylation is 1. The summed E-state index contributed by atoms with van der Waals surface area (Å²) in [5.74, 6) is 5.42. The molecule has 2 N–H and O–H groups in total. The van der Waals surface area contributed by atoms with Gasteiger partial charge in [-0.2, -0.15) is 0 Å². The average molecular weight is 277 g/mol. The second kappa shape index (κ2) is 5.95. The van der Waals surface area contributed by atoms with Gasteiger partial charge in [0.15, 0.2) is 0 Å². The number of halogens is 1. The molecule has 19 heavy (non-hydrogen) atoms. The zero-order valence-electron chi connectivity index (χ0n) is 10.9. The van der Waals surface area contributed by atoms with E-state index in [-0.39, 0.29) is 5.82 Å². The number of rotatable bonds is 4. The molecular formula is C14H16FN3S. The highest BCUT2D eigenvalue weighted by Crippen LogP contribution is 2.28. The quantitative estimate of drug-likeness (QED) is 0.688. The third-order valence-electron chi connectivity index (χ3n) is 2.84. The molecule has 1 heterocycles. The normalized spacial score (nSPS) is 11.2. The Kier molecular flexibility index (Phi) is 4.29. The fraction of sp³-hybridized carbons (Fsp3) is 0.214. The highest BCUT2D eigenvalue weighted by molar-refractivity contribution is 7.10. The van der Waals surface area contributed by atoms with Crippen LogP contribution in [-0.2, 0) is 6.42 Å². The van der Waals surface area contributed by atoms with Crippen LogP contribution in [0.15, 0.2) is 23.7 Å². The van der Waals surface area contributed by atoms with Gasteiger partial charge in [-0.25, -0.2) is 15.2 Å². The first-order valence-electron chi connectivity index (χ1n) is 6.00. The maximum atomic E-state index is 13.9. The zero-order chi connectivity index (χ0) is 13.8. The molecule has 0 atom stereocenters. The first-order chi connectivity index (χ1) is 9.13. The number of hydrogen-bond donors (Lipinski definition) is 1. The van der Waals surface area contributed by atoms with Gasteiger partial charge in [0.2, 0.25) is 0 Å². The lowest BCUT2D eigenvalue weighted by Gasteiger charge is -2.18. The van der Waals surface area contributed by atoms with E-state index >= 15 is 0 Å². The number of nitrogens with zero attached hydrogens (tertiary/aromatic N) is 2. The molecule has 0 unspecified atom stereocenters. The third-order valence-corrected chi connectivity index (χ3v) is 3.58. The lowest BCUT2D eigenvalue weighted by molar-refractivity contribution is 0.623. The van der Waals surface area contributed by atoms with Crippen LogP contribution in [0.2, 0.25) is 0 Å². The number of anilines is 1. The van der Waals surface area contributed by atoms with Gasteiger partial charge in [0.25, 0.3) is 0 Å². The number of thiazole rings is 1. The lowest BCUT2D eigenvalue weighted by Crippen LogP contribution is -2.27. The minimum atomic E-state index is -0.319. The highest BCUT2D eigenvalue weighted by Gasteiger charge is 2.12. The number of hydrogen-bond acceptors (Lipinski definition) is 4. The van der Waals surface area contributed by atoms with Gasteiger partial charge in [0.1, 0.15) is 10.8 Å². The van der Waals surface area contributed by atoms with Crippen molar-refractivity contribution in [3.05, 3.63) is 45.7 Å². The first kappa shape index (κ1) is 13.7. The maximum absolute atomic E-state index is 13.9. The minimum Gasteiger partial charge on any atom is -0.311 e. The molecule has 0 saturated heterocycles. The van der Waals surface area contributed by atoms with Crippen molar-refractivity contribution in [1.29, 1.82) is 0 Å². The molecular weight excluding hydrogens is 261 g/mol. The first-order valence-corrected chi connectivity index (χ1v) is 6.88. The summed E-state index contributed by atoms with van der Waals surface area (Å²) in [5, 5.41) is 4.11. The van der Waals surface area contributed by atoms with Crippen LogP contribution in [0.3, 0.4) is 0 Å². The predicted octanol–water partition coefficient (Wildman–Crippen LogP) is 3.32. The minimum absolute atomic E-state index is 0.319. The van der Waals surface area contributed by atoms with Gasteiger partial charge in [-0.05, 0) is 30.2 Å². The molecule has 0 spiro atoms. The van der Waals surface area contributed by atoms with Crippen LogP contribution in [0.4, 0.5) is 10.1 Å². The van der Waals surface area contributed by atoms with Crippen molar-refractivity contribution < 1.29 is 4.39 Å². The molecule has 0 aliphatic heterocycles. The van der Waals surface area contributed by atoms with E-state index < -0.39 is 0 Å². The largest absolute Gasteiger partial charge is 0.311 e. The Morgan fingerprint density at radius 2 is 2.21 bits per heavy atom. The van der Waals surface area contributed by atoms with Crippen LogP contribution in [0.5, 0.6) is 0 Å². The summed E-state index contributed by atoms with van der Waals surface area (Å²) < 4.78 is 13.9. The van der Waals surface area contributed by atoms with Crippen molar-refractivity contribution in [1.82, 2.24) is 4.98 Å². The second-order valence-corrected chi connectivity index (χ2v) is 5.06. The Morgan fingerprint density at radius 1 is 1.42 bits per heavy atom. The van der Waals surface area contributed by atoms with Gasteiger partial charge in [0.05, 0.1) is 5.69 Å². The molecule has 1 aromatic heterocycles. The zero-order valence-corrected chi connectivity index (χ0v) is 11.7. The molecule has 0 fully saturated rings. The van der Waals surface area contributed by atoms with Crippen LogP contribution in [-0.4, -0.2) is 12.0 Å². The van der Waals surface area contributed by atoms with Gasteiger partial charge < -0.3 is 5.01 Å². The molecule has 2 aromatic rings. The SMILES string of the molecule is CCc1ccc(F)c(N(C)N)c1/C=C/c1nccs1. The van der Waals surface area contributed by atoms with Gasteiger partial charge >= 0.3 is 0 Å². The molecule has 0 saturated carbocycles. The topological polar surface area (TPSA) is 42.1 Å².